The zero-order chi connectivity index (χ0) is 8.43. The highest BCUT2D eigenvalue weighted by atomic mass is 16.3. The van der Waals surface area contributed by atoms with Crippen molar-refractivity contribution in [1.82, 2.24) is 0 Å². The van der Waals surface area contributed by atoms with Crippen LogP contribution in [0, 0.1) is 17.8 Å². The van der Waals surface area contributed by atoms with Gasteiger partial charge in [0.2, 0.25) is 0 Å². The Hall–Kier alpha value is -0.0400. The lowest BCUT2D eigenvalue weighted by atomic mass is 9.67. The van der Waals surface area contributed by atoms with Gasteiger partial charge in [-0.1, -0.05) is 20.8 Å². The molecule has 0 bridgehead atoms. The number of aliphatic hydroxyl groups is 1. The summed E-state index contributed by atoms with van der Waals surface area (Å²) in [4.78, 5) is 0. The van der Waals surface area contributed by atoms with Gasteiger partial charge in [-0.15, -0.1) is 0 Å². The molecule has 1 saturated carbocycles. The van der Waals surface area contributed by atoms with Crippen molar-refractivity contribution in [1.29, 1.82) is 0 Å². The molecule has 1 aliphatic rings. The molecule has 0 spiro atoms. The quantitative estimate of drug-likeness (QED) is 0.665. The molecule has 0 aromatic heterocycles. The Morgan fingerprint density at radius 1 is 1.27 bits per heavy atom. The second kappa shape index (κ2) is 3.57. The fourth-order valence-corrected chi connectivity index (χ4v) is 1.90. The Kier molecular flexibility index (Phi) is 2.94. The van der Waals surface area contributed by atoms with E-state index in [1.54, 1.807) is 0 Å². The summed E-state index contributed by atoms with van der Waals surface area (Å²) in [7, 11) is 0. The molecule has 1 heteroatoms. The van der Waals surface area contributed by atoms with Crippen molar-refractivity contribution in [3.05, 3.63) is 0 Å². The smallest absolute Gasteiger partial charge is 0.0566 e. The van der Waals surface area contributed by atoms with Crippen molar-refractivity contribution in [3.63, 3.8) is 0 Å². The Morgan fingerprint density at radius 3 is 2.18 bits per heavy atom. The summed E-state index contributed by atoms with van der Waals surface area (Å²) in [6.45, 7) is 6.62. The van der Waals surface area contributed by atoms with E-state index in [0.29, 0.717) is 5.92 Å². The van der Waals surface area contributed by atoms with Gasteiger partial charge in [0.1, 0.15) is 0 Å². The molecule has 0 heterocycles. The van der Waals surface area contributed by atoms with Crippen molar-refractivity contribution in [3.8, 4) is 0 Å². The van der Waals surface area contributed by atoms with Gasteiger partial charge in [0, 0.05) is 0 Å². The van der Waals surface area contributed by atoms with Crippen molar-refractivity contribution in [2.24, 2.45) is 17.8 Å². The van der Waals surface area contributed by atoms with Crippen molar-refractivity contribution in [2.75, 3.05) is 0 Å². The van der Waals surface area contributed by atoms with E-state index >= 15 is 0 Å². The predicted octanol–water partition coefficient (Wildman–Crippen LogP) is 2.44. The van der Waals surface area contributed by atoms with Gasteiger partial charge >= 0.3 is 0 Å². The molecule has 1 rings (SSSR count). The second-order valence-corrected chi connectivity index (χ2v) is 4.21. The van der Waals surface area contributed by atoms with E-state index in [1.165, 1.54) is 12.8 Å². The van der Waals surface area contributed by atoms with E-state index in [1.807, 2.05) is 0 Å². The lowest BCUT2D eigenvalue weighted by Gasteiger charge is -2.40. The average molecular weight is 156 g/mol. The van der Waals surface area contributed by atoms with Gasteiger partial charge in [-0.25, -0.2) is 0 Å². The lowest BCUT2D eigenvalue weighted by Crippen LogP contribution is -2.35. The van der Waals surface area contributed by atoms with Gasteiger partial charge in [0.15, 0.2) is 0 Å². The third-order valence-electron chi connectivity index (χ3n) is 3.12. The Bertz CT molecular complexity index is 114. The van der Waals surface area contributed by atoms with Gasteiger partial charge in [-0.2, -0.15) is 0 Å². The first-order valence-electron chi connectivity index (χ1n) is 4.83. The summed E-state index contributed by atoms with van der Waals surface area (Å²) >= 11 is 0. The Balaban J connectivity index is 2.18. The highest BCUT2D eigenvalue weighted by Gasteiger charge is 2.34. The molecule has 1 unspecified atom stereocenters. The van der Waals surface area contributed by atoms with E-state index in [-0.39, 0.29) is 6.10 Å². The molecule has 66 valence electrons. The van der Waals surface area contributed by atoms with Crippen LogP contribution in [0.5, 0.6) is 0 Å². The minimum atomic E-state index is -0.0231. The molecule has 0 aromatic carbocycles. The second-order valence-electron chi connectivity index (χ2n) is 4.21. The van der Waals surface area contributed by atoms with Gasteiger partial charge < -0.3 is 5.11 Å². The van der Waals surface area contributed by atoms with Crippen molar-refractivity contribution in [2.45, 2.75) is 46.1 Å². The Labute approximate surface area is 69.8 Å². The molecule has 1 N–H and O–H groups in total. The molecule has 1 atom stereocenters. The van der Waals surface area contributed by atoms with E-state index in [9.17, 15) is 5.11 Å². The zero-order valence-electron chi connectivity index (χ0n) is 7.88. The van der Waals surface area contributed by atoms with Crippen LogP contribution in [0.1, 0.15) is 40.0 Å². The van der Waals surface area contributed by atoms with Crippen LogP contribution in [-0.4, -0.2) is 11.2 Å². The lowest BCUT2D eigenvalue weighted by molar-refractivity contribution is 0.0100. The monoisotopic (exact) mass is 156 g/mol. The van der Waals surface area contributed by atoms with Crippen LogP contribution in [0.2, 0.25) is 0 Å². The maximum absolute atomic E-state index is 9.48. The largest absolute Gasteiger partial charge is 0.393 e. The first-order chi connectivity index (χ1) is 5.15. The maximum atomic E-state index is 9.48. The van der Waals surface area contributed by atoms with Crippen molar-refractivity contribution >= 4 is 0 Å². The number of hydrogen-bond donors (Lipinski definition) is 1. The van der Waals surface area contributed by atoms with E-state index in [0.717, 1.165) is 18.3 Å². The van der Waals surface area contributed by atoms with Crippen LogP contribution in [0.3, 0.4) is 0 Å². The minimum Gasteiger partial charge on any atom is -0.393 e. The average Bonchev–Trinajstić information content (AvgIpc) is 1.83. The molecular formula is C10H20O. The first-order valence-corrected chi connectivity index (χ1v) is 4.83. The molecule has 0 aliphatic heterocycles. The molecule has 1 fully saturated rings. The standard InChI is InChI=1S/C10H20O/c1-4-10(11)9-5-8(6-9)7(2)3/h7-11H,4-6H2,1-3H3. The van der Waals surface area contributed by atoms with Gasteiger partial charge in [-0.3, -0.25) is 0 Å². The van der Waals surface area contributed by atoms with Crippen molar-refractivity contribution < 1.29 is 5.11 Å². The maximum Gasteiger partial charge on any atom is 0.0566 e. The summed E-state index contributed by atoms with van der Waals surface area (Å²) in [5.74, 6) is 2.32. The molecule has 1 aliphatic carbocycles. The van der Waals surface area contributed by atoms with E-state index < -0.39 is 0 Å². The molecule has 0 radical (unpaired) electrons. The highest BCUT2D eigenvalue weighted by Crippen LogP contribution is 2.41. The fourth-order valence-electron chi connectivity index (χ4n) is 1.90. The summed E-state index contributed by atoms with van der Waals surface area (Å²) in [6, 6.07) is 0. The van der Waals surface area contributed by atoms with Crippen LogP contribution in [0.15, 0.2) is 0 Å². The first kappa shape index (κ1) is 9.05. The highest BCUT2D eigenvalue weighted by molar-refractivity contribution is 4.85. The van der Waals surface area contributed by atoms with Crippen LogP contribution in [0.4, 0.5) is 0 Å². The predicted molar refractivity (Wildman–Crippen MR) is 47.3 cm³/mol. The van der Waals surface area contributed by atoms with E-state index in [4.69, 9.17) is 0 Å². The SMILES string of the molecule is CCC(O)C1CC(C(C)C)C1. The van der Waals surface area contributed by atoms with Crippen LogP contribution in [0.25, 0.3) is 0 Å². The van der Waals surface area contributed by atoms with Gasteiger partial charge in [0.25, 0.3) is 0 Å². The number of aliphatic hydroxyl groups excluding tert-OH is 1. The fraction of sp³-hybridized carbons (Fsp3) is 1.00. The number of rotatable bonds is 3. The molecule has 0 saturated heterocycles. The Morgan fingerprint density at radius 2 is 1.82 bits per heavy atom. The zero-order valence-corrected chi connectivity index (χ0v) is 7.88. The minimum absolute atomic E-state index is 0.0231. The number of hydrogen-bond acceptors (Lipinski definition) is 1. The van der Waals surface area contributed by atoms with E-state index in [2.05, 4.69) is 20.8 Å². The molecule has 11 heavy (non-hydrogen) atoms. The molecule has 0 aromatic rings. The summed E-state index contributed by atoms with van der Waals surface area (Å²) in [6.07, 6.45) is 3.42. The van der Waals surface area contributed by atoms with Crippen LogP contribution < -0.4 is 0 Å². The topological polar surface area (TPSA) is 20.2 Å². The normalized spacial score (nSPS) is 33.5. The van der Waals surface area contributed by atoms with Gasteiger partial charge in [0.05, 0.1) is 6.10 Å². The van der Waals surface area contributed by atoms with Gasteiger partial charge in [-0.05, 0) is 37.0 Å². The third kappa shape index (κ3) is 1.96. The molecular weight excluding hydrogens is 136 g/mol. The van der Waals surface area contributed by atoms with Crippen LogP contribution in [-0.2, 0) is 0 Å². The molecule has 1 nitrogen and oxygen atoms in total. The summed E-state index contributed by atoms with van der Waals surface area (Å²) in [5, 5.41) is 9.48. The molecule has 0 amide bonds. The third-order valence-corrected chi connectivity index (χ3v) is 3.12. The summed E-state index contributed by atoms with van der Waals surface area (Å²) < 4.78 is 0. The summed E-state index contributed by atoms with van der Waals surface area (Å²) in [5.41, 5.74) is 0. The van der Waals surface area contributed by atoms with Crippen LogP contribution >= 0.6 is 0 Å².